The minimum absolute atomic E-state index is 0.650. The summed E-state index contributed by atoms with van der Waals surface area (Å²) in [6.07, 6.45) is 0. The van der Waals surface area contributed by atoms with Crippen LogP contribution in [-0.2, 0) is 0 Å². The van der Waals surface area contributed by atoms with Crippen molar-refractivity contribution < 1.29 is 4.74 Å². The summed E-state index contributed by atoms with van der Waals surface area (Å²) in [4.78, 5) is 0. The van der Waals surface area contributed by atoms with E-state index in [0.29, 0.717) is 6.61 Å². The van der Waals surface area contributed by atoms with Crippen LogP contribution in [0.15, 0.2) is 30.3 Å². The molecule has 0 radical (unpaired) electrons. The number of nitrogens with zero attached hydrogens (tertiary/aromatic N) is 2. The Morgan fingerprint density at radius 1 is 1.19 bits per heavy atom. The van der Waals surface area contributed by atoms with Crippen LogP contribution in [0.4, 0.5) is 0 Å². The Morgan fingerprint density at radius 2 is 1.88 bits per heavy atom. The summed E-state index contributed by atoms with van der Waals surface area (Å²) in [5.41, 5.74) is 3.23. The van der Waals surface area contributed by atoms with Gasteiger partial charge in [-0.05, 0) is 32.9 Å². The molecule has 0 bridgehead atoms. The van der Waals surface area contributed by atoms with Gasteiger partial charge in [-0.2, -0.15) is 5.10 Å². The molecule has 0 aliphatic carbocycles. The van der Waals surface area contributed by atoms with E-state index in [2.05, 4.69) is 24.2 Å². The second kappa shape index (κ2) is 4.39. The Balaban J connectivity index is 2.42. The van der Waals surface area contributed by atoms with Gasteiger partial charge in [-0.25, -0.2) is 4.68 Å². The van der Waals surface area contributed by atoms with Gasteiger partial charge in [-0.15, -0.1) is 0 Å². The van der Waals surface area contributed by atoms with Crippen molar-refractivity contribution in [2.24, 2.45) is 0 Å². The summed E-state index contributed by atoms with van der Waals surface area (Å²) >= 11 is 0. The molecule has 0 saturated carbocycles. The molecule has 0 fully saturated rings. The lowest BCUT2D eigenvalue weighted by Crippen LogP contribution is -2.02. The van der Waals surface area contributed by atoms with E-state index in [1.54, 1.807) is 0 Å². The zero-order valence-electron chi connectivity index (χ0n) is 9.90. The van der Waals surface area contributed by atoms with E-state index >= 15 is 0 Å². The smallest absolute Gasteiger partial charge is 0.216 e. The van der Waals surface area contributed by atoms with Gasteiger partial charge in [-0.3, -0.25) is 0 Å². The van der Waals surface area contributed by atoms with Crippen molar-refractivity contribution in [1.29, 1.82) is 0 Å². The molecule has 0 saturated heterocycles. The van der Waals surface area contributed by atoms with E-state index in [-0.39, 0.29) is 0 Å². The highest BCUT2D eigenvalue weighted by molar-refractivity contribution is 5.37. The Bertz CT molecular complexity index is 471. The zero-order valence-corrected chi connectivity index (χ0v) is 9.90. The Kier molecular flexibility index (Phi) is 2.95. The lowest BCUT2D eigenvalue weighted by Gasteiger charge is -2.07. The number of benzene rings is 1. The van der Waals surface area contributed by atoms with Crippen LogP contribution in [0.3, 0.4) is 0 Å². The van der Waals surface area contributed by atoms with Crippen LogP contribution >= 0.6 is 0 Å². The molecule has 1 heterocycles. The van der Waals surface area contributed by atoms with E-state index < -0.39 is 0 Å². The lowest BCUT2D eigenvalue weighted by molar-refractivity contribution is 0.316. The third-order valence-electron chi connectivity index (χ3n) is 2.37. The third-order valence-corrected chi connectivity index (χ3v) is 2.37. The zero-order chi connectivity index (χ0) is 11.5. The summed E-state index contributed by atoms with van der Waals surface area (Å²) < 4.78 is 7.37. The monoisotopic (exact) mass is 216 g/mol. The van der Waals surface area contributed by atoms with Gasteiger partial charge in [0, 0.05) is 6.07 Å². The Morgan fingerprint density at radius 3 is 2.50 bits per heavy atom. The molecule has 0 unspecified atom stereocenters. The van der Waals surface area contributed by atoms with E-state index in [4.69, 9.17) is 4.74 Å². The average molecular weight is 216 g/mol. The molecule has 0 spiro atoms. The van der Waals surface area contributed by atoms with Gasteiger partial charge in [0.05, 0.1) is 18.0 Å². The summed E-state index contributed by atoms with van der Waals surface area (Å²) in [5.74, 6) is 0.795. The number of hydrogen-bond acceptors (Lipinski definition) is 2. The van der Waals surface area contributed by atoms with Crippen molar-refractivity contribution in [3.05, 3.63) is 41.6 Å². The van der Waals surface area contributed by atoms with Crippen molar-refractivity contribution in [2.75, 3.05) is 6.61 Å². The fourth-order valence-electron chi connectivity index (χ4n) is 1.60. The molecular weight excluding hydrogens is 200 g/mol. The van der Waals surface area contributed by atoms with E-state index in [1.165, 1.54) is 5.56 Å². The van der Waals surface area contributed by atoms with Crippen molar-refractivity contribution in [1.82, 2.24) is 9.78 Å². The van der Waals surface area contributed by atoms with Crippen molar-refractivity contribution in [3.63, 3.8) is 0 Å². The number of rotatable bonds is 3. The Hall–Kier alpha value is -1.77. The second-order valence-corrected chi connectivity index (χ2v) is 3.80. The predicted octanol–water partition coefficient (Wildman–Crippen LogP) is 2.89. The molecule has 16 heavy (non-hydrogen) atoms. The fraction of sp³-hybridized carbons (Fsp3) is 0.308. The second-order valence-electron chi connectivity index (χ2n) is 3.80. The van der Waals surface area contributed by atoms with Gasteiger partial charge in [0.2, 0.25) is 5.88 Å². The maximum Gasteiger partial charge on any atom is 0.216 e. The van der Waals surface area contributed by atoms with Gasteiger partial charge in [0.1, 0.15) is 0 Å². The van der Waals surface area contributed by atoms with E-state index in [0.717, 1.165) is 17.3 Å². The third kappa shape index (κ3) is 2.08. The average Bonchev–Trinajstić information content (AvgIpc) is 2.61. The van der Waals surface area contributed by atoms with Gasteiger partial charge in [0.25, 0.3) is 0 Å². The molecule has 0 atom stereocenters. The number of ether oxygens (including phenoxy) is 1. The molecule has 0 N–H and O–H groups in total. The SMILES string of the molecule is CCOc1cc(C)nn1-c1ccc(C)cc1. The Labute approximate surface area is 95.7 Å². The highest BCUT2D eigenvalue weighted by atomic mass is 16.5. The minimum atomic E-state index is 0.650. The largest absolute Gasteiger partial charge is 0.478 e. The molecule has 1 aromatic carbocycles. The summed E-state index contributed by atoms with van der Waals surface area (Å²) in [7, 11) is 0. The van der Waals surface area contributed by atoms with Gasteiger partial charge >= 0.3 is 0 Å². The number of aryl methyl sites for hydroxylation is 2. The number of hydrogen-bond donors (Lipinski definition) is 0. The van der Waals surface area contributed by atoms with Crippen LogP contribution in [0.2, 0.25) is 0 Å². The van der Waals surface area contributed by atoms with Gasteiger partial charge in [-0.1, -0.05) is 17.7 Å². The summed E-state index contributed by atoms with van der Waals surface area (Å²) in [6, 6.07) is 10.2. The van der Waals surface area contributed by atoms with Crippen LogP contribution in [-0.4, -0.2) is 16.4 Å². The van der Waals surface area contributed by atoms with Crippen LogP contribution in [0.1, 0.15) is 18.2 Å². The molecular formula is C13H16N2O. The number of aromatic nitrogens is 2. The summed E-state index contributed by atoms with van der Waals surface area (Å²) in [6.45, 7) is 6.66. The molecule has 0 aliphatic heterocycles. The first-order valence-electron chi connectivity index (χ1n) is 5.47. The molecule has 3 heteroatoms. The van der Waals surface area contributed by atoms with E-state index in [1.807, 2.05) is 36.7 Å². The molecule has 0 aliphatic rings. The molecule has 3 nitrogen and oxygen atoms in total. The van der Waals surface area contributed by atoms with Crippen molar-refractivity contribution in [2.45, 2.75) is 20.8 Å². The minimum Gasteiger partial charge on any atom is -0.478 e. The highest BCUT2D eigenvalue weighted by Gasteiger charge is 2.07. The molecule has 84 valence electrons. The van der Waals surface area contributed by atoms with Gasteiger partial charge < -0.3 is 4.74 Å². The fourth-order valence-corrected chi connectivity index (χ4v) is 1.60. The normalized spacial score (nSPS) is 10.4. The molecule has 0 amide bonds. The molecule has 2 aromatic rings. The van der Waals surface area contributed by atoms with Crippen molar-refractivity contribution >= 4 is 0 Å². The van der Waals surface area contributed by atoms with Crippen LogP contribution in [0.5, 0.6) is 5.88 Å². The van der Waals surface area contributed by atoms with Crippen LogP contribution < -0.4 is 4.74 Å². The molecule has 1 aromatic heterocycles. The quantitative estimate of drug-likeness (QED) is 0.788. The predicted molar refractivity (Wildman–Crippen MR) is 64.2 cm³/mol. The lowest BCUT2D eigenvalue weighted by atomic mass is 10.2. The van der Waals surface area contributed by atoms with Crippen LogP contribution in [0, 0.1) is 13.8 Å². The maximum absolute atomic E-state index is 5.54. The first kappa shape index (κ1) is 10.7. The first-order valence-corrected chi connectivity index (χ1v) is 5.47. The topological polar surface area (TPSA) is 27.1 Å². The standard InChI is InChI=1S/C13H16N2O/c1-4-16-13-9-11(3)14-15(13)12-7-5-10(2)6-8-12/h5-9H,4H2,1-3H3. The highest BCUT2D eigenvalue weighted by Crippen LogP contribution is 2.19. The van der Waals surface area contributed by atoms with Crippen LogP contribution in [0.25, 0.3) is 5.69 Å². The summed E-state index contributed by atoms with van der Waals surface area (Å²) in [5, 5.41) is 4.42. The van der Waals surface area contributed by atoms with Gasteiger partial charge in [0.15, 0.2) is 0 Å². The molecule has 2 rings (SSSR count). The van der Waals surface area contributed by atoms with E-state index in [9.17, 15) is 0 Å². The maximum atomic E-state index is 5.54. The first-order chi connectivity index (χ1) is 7.70. The van der Waals surface area contributed by atoms with Crippen molar-refractivity contribution in [3.8, 4) is 11.6 Å².